The molecular weight excluding hydrogens is 184 g/mol. The topological polar surface area (TPSA) is 0 Å². The largest absolute Gasteiger partial charge is 0.0840 e. The fraction of sp³-hybridized carbons (Fsp3) is 0.400. The highest BCUT2D eigenvalue weighted by Gasteiger charge is 1.93. The Hall–Kier alpha value is -0.273. The van der Waals surface area contributed by atoms with E-state index in [-0.39, 0.29) is 0 Å². The lowest BCUT2D eigenvalue weighted by Crippen LogP contribution is -1.78. The zero-order valence-corrected chi connectivity index (χ0v) is 9.57. The van der Waals surface area contributed by atoms with Gasteiger partial charge in [0.1, 0.15) is 0 Å². The Labute approximate surface area is 83.4 Å². The first-order valence-corrected chi connectivity index (χ1v) is 5.08. The average Bonchev–Trinajstić information content (AvgIpc) is 2.02. The molecule has 3 radical (unpaired) electrons. The molecule has 0 aliphatic rings. The van der Waals surface area contributed by atoms with Gasteiger partial charge in [-0.2, -0.15) is 0 Å². The zero-order valence-electron chi connectivity index (χ0n) is 7.82. The molecule has 65 valence electrons. The van der Waals surface area contributed by atoms with Crippen molar-refractivity contribution in [3.63, 3.8) is 0 Å². The van der Waals surface area contributed by atoms with Crippen LogP contribution in [-0.2, 0) is 0 Å². The van der Waals surface area contributed by atoms with Gasteiger partial charge in [-0.3, -0.25) is 0 Å². The van der Waals surface area contributed by atoms with Crippen molar-refractivity contribution in [2.75, 3.05) is 0 Å². The summed E-state index contributed by atoms with van der Waals surface area (Å²) >= 11 is 5.81. The van der Waals surface area contributed by atoms with Crippen molar-refractivity contribution in [1.82, 2.24) is 0 Å². The second-order valence-electron chi connectivity index (χ2n) is 2.54. The van der Waals surface area contributed by atoms with Crippen molar-refractivity contribution >= 4 is 21.8 Å². The highest BCUT2D eigenvalue weighted by Crippen LogP contribution is 2.16. The van der Waals surface area contributed by atoms with Crippen LogP contribution in [0, 0.1) is 13.8 Å². The van der Waals surface area contributed by atoms with Crippen molar-refractivity contribution in [2.24, 2.45) is 0 Å². The molecule has 12 heavy (non-hydrogen) atoms. The molecule has 0 fully saturated rings. The summed E-state index contributed by atoms with van der Waals surface area (Å²) in [4.78, 5) is 0. The molecule has 1 aromatic rings. The van der Waals surface area contributed by atoms with Crippen LogP contribution < -0.4 is 0 Å². The summed E-state index contributed by atoms with van der Waals surface area (Å²) in [7, 11) is 3.18. The second-order valence-corrected chi connectivity index (χ2v) is 3.65. The molecule has 0 saturated heterocycles. The highest BCUT2D eigenvalue weighted by molar-refractivity contribution is 6.31. The van der Waals surface area contributed by atoms with Gasteiger partial charge in [-0.05, 0) is 31.0 Å². The van der Waals surface area contributed by atoms with Crippen molar-refractivity contribution in [3.8, 4) is 0 Å². The van der Waals surface area contributed by atoms with Gasteiger partial charge in [-0.15, -0.1) is 0 Å². The van der Waals surface area contributed by atoms with Crippen LogP contribution in [0.3, 0.4) is 0 Å². The zero-order chi connectivity index (χ0) is 9.56. The molecule has 0 bridgehead atoms. The number of benzene rings is 1. The van der Waals surface area contributed by atoms with Crippen molar-refractivity contribution in [2.45, 2.75) is 26.8 Å². The molecule has 0 aromatic heterocycles. The smallest absolute Gasteiger partial charge is 0.0437 e. The summed E-state index contributed by atoms with van der Waals surface area (Å²) in [5.74, 6) is 0. The van der Waals surface area contributed by atoms with Crippen LogP contribution in [0.5, 0.6) is 0 Å². The third-order valence-electron chi connectivity index (χ3n) is 1.54. The van der Waals surface area contributed by atoms with E-state index in [2.05, 4.69) is 23.2 Å². The maximum absolute atomic E-state index is 5.81. The third kappa shape index (κ3) is 3.93. The molecule has 0 nitrogen and oxygen atoms in total. The Kier molecular flexibility index (Phi) is 6.12. The summed E-state index contributed by atoms with van der Waals surface area (Å²) in [5, 5.41) is 0.856. The van der Waals surface area contributed by atoms with E-state index in [9.17, 15) is 0 Å². The predicted molar refractivity (Wildman–Crippen MR) is 57.2 cm³/mol. The lowest BCUT2D eigenvalue weighted by Gasteiger charge is -1.98. The number of aryl methyl sites for hydroxylation is 1. The first kappa shape index (κ1) is 11.7. The summed E-state index contributed by atoms with van der Waals surface area (Å²) < 4.78 is 0. The van der Waals surface area contributed by atoms with Crippen molar-refractivity contribution in [1.29, 1.82) is 0 Å². The Balaban J connectivity index is 0.000000354. The van der Waals surface area contributed by atoms with Gasteiger partial charge >= 0.3 is 0 Å². The Bertz CT molecular complexity index is 213. The summed E-state index contributed by atoms with van der Waals surface area (Å²) in [6, 6.07) is 6.98. The van der Waals surface area contributed by atoms with Gasteiger partial charge in [0.2, 0.25) is 0 Å². The quantitative estimate of drug-likeness (QED) is 0.558. The van der Waals surface area contributed by atoms with Gasteiger partial charge in [0, 0.05) is 15.3 Å². The molecule has 2 heteroatoms. The highest BCUT2D eigenvalue weighted by atomic mass is 35.5. The van der Waals surface area contributed by atoms with E-state index in [1.54, 1.807) is 0 Å². The molecule has 1 rings (SSSR count). The maximum Gasteiger partial charge on any atom is 0.0437 e. The van der Waals surface area contributed by atoms with Crippen LogP contribution in [0.15, 0.2) is 18.2 Å². The number of rotatable bonds is 0. The Morgan fingerprint density at radius 2 is 1.83 bits per heavy atom. The second kappa shape index (κ2) is 6.27. The van der Waals surface area contributed by atoms with Crippen molar-refractivity contribution in [3.05, 3.63) is 34.3 Å². The molecule has 1 aromatic carbocycles. The van der Waals surface area contributed by atoms with Crippen LogP contribution in [0.4, 0.5) is 0 Å². The Morgan fingerprint density at radius 1 is 1.33 bits per heavy atom. The van der Waals surface area contributed by atoms with Gasteiger partial charge in [-0.1, -0.05) is 36.7 Å². The molecule has 0 amide bonds. The Morgan fingerprint density at radius 3 is 2.17 bits per heavy atom. The molecule has 0 heterocycles. The van der Waals surface area contributed by atoms with Crippen LogP contribution in [0.2, 0.25) is 11.1 Å². The number of hydrogen-bond acceptors (Lipinski definition) is 0. The minimum absolute atomic E-state index is 0.856. The monoisotopic (exact) mass is 197 g/mol. The normalized spacial score (nSPS) is 8.75. The first-order valence-electron chi connectivity index (χ1n) is 3.99. The van der Waals surface area contributed by atoms with Gasteiger partial charge in [0.25, 0.3) is 0 Å². The lowest BCUT2D eigenvalue weighted by molar-refractivity contribution is 1.34. The minimum atomic E-state index is 0.856. The minimum Gasteiger partial charge on any atom is -0.0840 e. The van der Waals surface area contributed by atoms with E-state index < -0.39 is 0 Å². The molecule has 0 atom stereocenters. The summed E-state index contributed by atoms with van der Waals surface area (Å²) in [5.41, 5.74) is 2.43. The van der Waals surface area contributed by atoms with Crippen LogP contribution in [-0.4, -0.2) is 10.2 Å². The molecule has 0 spiro atoms. The molecule has 0 saturated carbocycles. The van der Waals surface area contributed by atoms with E-state index in [1.165, 1.54) is 11.1 Å². The summed E-state index contributed by atoms with van der Waals surface area (Å²) in [6.45, 7) is 6.12. The van der Waals surface area contributed by atoms with Gasteiger partial charge in [0.15, 0.2) is 0 Å². The predicted octanol–water partition coefficient (Wildman–Crippen LogP) is 3.55. The number of hydrogen-bond donors (Lipinski definition) is 0. The molecule has 0 unspecified atom stereocenters. The molecular formula is C10H14ClSi. The SMILES string of the molecule is CC[Si].Cc1cccc(Cl)c1C. The van der Waals surface area contributed by atoms with Crippen molar-refractivity contribution < 1.29 is 0 Å². The fourth-order valence-corrected chi connectivity index (χ4v) is 0.937. The average molecular weight is 198 g/mol. The van der Waals surface area contributed by atoms with E-state index in [0.717, 1.165) is 11.1 Å². The third-order valence-corrected chi connectivity index (χ3v) is 1.95. The number of halogens is 1. The van der Waals surface area contributed by atoms with Crippen LogP contribution in [0.1, 0.15) is 18.1 Å². The van der Waals surface area contributed by atoms with E-state index >= 15 is 0 Å². The van der Waals surface area contributed by atoms with Crippen LogP contribution >= 0.6 is 11.6 Å². The van der Waals surface area contributed by atoms with Gasteiger partial charge in [0.05, 0.1) is 0 Å². The molecule has 0 aliphatic heterocycles. The maximum atomic E-state index is 5.81. The first-order chi connectivity index (χ1) is 5.63. The van der Waals surface area contributed by atoms with Crippen LogP contribution in [0.25, 0.3) is 0 Å². The standard InChI is InChI=1S/C8H9Cl.C2H5Si/c1-6-4-3-5-8(9)7(6)2;1-2-3/h3-5H,1-2H3;2H2,1H3. The van der Waals surface area contributed by atoms with E-state index in [4.69, 9.17) is 11.6 Å². The lowest BCUT2D eigenvalue weighted by atomic mass is 10.1. The summed E-state index contributed by atoms with van der Waals surface area (Å²) in [6.07, 6.45) is 0. The van der Waals surface area contributed by atoms with Gasteiger partial charge in [-0.25, -0.2) is 0 Å². The molecule has 0 N–H and O–H groups in total. The van der Waals surface area contributed by atoms with Gasteiger partial charge < -0.3 is 0 Å². The van der Waals surface area contributed by atoms with E-state index in [0.29, 0.717) is 0 Å². The van der Waals surface area contributed by atoms with E-state index in [1.807, 2.05) is 26.0 Å². The molecule has 0 aliphatic carbocycles. The fourth-order valence-electron chi connectivity index (χ4n) is 0.715.